The maximum atomic E-state index is 12.5. The number of piperidine rings is 1. The van der Waals surface area contributed by atoms with Gasteiger partial charge in [0.1, 0.15) is 0 Å². The van der Waals surface area contributed by atoms with Gasteiger partial charge in [-0.25, -0.2) is 4.79 Å². The van der Waals surface area contributed by atoms with Gasteiger partial charge in [-0.1, -0.05) is 44.2 Å². The number of carbonyl (C=O) groups is 1. The molecule has 4 nitrogen and oxygen atoms in total. The van der Waals surface area contributed by atoms with Crippen LogP contribution in [0.1, 0.15) is 39.2 Å². The van der Waals surface area contributed by atoms with Crippen LogP contribution in [0.4, 0.5) is 4.79 Å². The quantitative estimate of drug-likeness (QED) is 0.898. The molecule has 1 aromatic rings. The molecule has 2 N–H and O–H groups in total. The van der Waals surface area contributed by atoms with Gasteiger partial charge in [0.25, 0.3) is 0 Å². The Balaban J connectivity index is 1.98. The van der Waals surface area contributed by atoms with Gasteiger partial charge < -0.3 is 15.3 Å². The van der Waals surface area contributed by atoms with Crippen molar-refractivity contribution in [2.24, 2.45) is 5.92 Å². The first kappa shape index (κ1) is 16.8. The minimum Gasteiger partial charge on any atom is -0.396 e. The first-order valence-electron chi connectivity index (χ1n) is 8.17. The van der Waals surface area contributed by atoms with Gasteiger partial charge in [-0.15, -0.1) is 0 Å². The second kappa shape index (κ2) is 7.14. The SMILES string of the molecule is CC(NC(=O)N1CCCC(CO)C1)C(C)(C)c1ccccc1. The number of hydrogen-bond donors (Lipinski definition) is 2. The number of carbonyl (C=O) groups excluding carboxylic acids is 1. The smallest absolute Gasteiger partial charge is 0.317 e. The molecule has 1 heterocycles. The van der Waals surface area contributed by atoms with E-state index in [9.17, 15) is 9.90 Å². The fourth-order valence-electron chi connectivity index (χ4n) is 2.97. The third-order valence-electron chi connectivity index (χ3n) is 5.00. The molecule has 4 heteroatoms. The number of nitrogens with one attached hydrogen (secondary N) is 1. The van der Waals surface area contributed by atoms with Crippen molar-refractivity contribution in [2.45, 2.75) is 45.1 Å². The molecule has 1 fully saturated rings. The van der Waals surface area contributed by atoms with Gasteiger partial charge in [0.2, 0.25) is 0 Å². The van der Waals surface area contributed by atoms with Crippen molar-refractivity contribution in [2.75, 3.05) is 19.7 Å². The summed E-state index contributed by atoms with van der Waals surface area (Å²) in [6, 6.07) is 10.3. The number of benzene rings is 1. The summed E-state index contributed by atoms with van der Waals surface area (Å²) < 4.78 is 0. The van der Waals surface area contributed by atoms with E-state index in [1.807, 2.05) is 23.1 Å². The number of nitrogens with zero attached hydrogens (tertiary/aromatic N) is 1. The number of likely N-dealkylation sites (tertiary alicyclic amines) is 1. The molecule has 0 aliphatic carbocycles. The number of hydrogen-bond acceptors (Lipinski definition) is 2. The lowest BCUT2D eigenvalue weighted by atomic mass is 9.78. The molecule has 2 atom stereocenters. The molecule has 2 rings (SSSR count). The fourth-order valence-corrected chi connectivity index (χ4v) is 2.97. The van der Waals surface area contributed by atoms with Gasteiger partial charge >= 0.3 is 6.03 Å². The maximum Gasteiger partial charge on any atom is 0.317 e. The monoisotopic (exact) mass is 304 g/mol. The van der Waals surface area contributed by atoms with Gasteiger partial charge in [0.15, 0.2) is 0 Å². The van der Waals surface area contributed by atoms with Crippen LogP contribution >= 0.6 is 0 Å². The Morgan fingerprint density at radius 2 is 2.09 bits per heavy atom. The van der Waals surface area contributed by atoms with Crippen LogP contribution in [-0.4, -0.2) is 41.8 Å². The van der Waals surface area contributed by atoms with Crippen LogP contribution in [-0.2, 0) is 5.41 Å². The lowest BCUT2D eigenvalue weighted by Gasteiger charge is -2.37. The summed E-state index contributed by atoms with van der Waals surface area (Å²) in [4.78, 5) is 14.3. The van der Waals surface area contributed by atoms with Crippen molar-refractivity contribution < 1.29 is 9.90 Å². The first-order valence-corrected chi connectivity index (χ1v) is 8.17. The molecule has 1 saturated heterocycles. The molecule has 0 radical (unpaired) electrons. The maximum absolute atomic E-state index is 12.5. The molecule has 2 amide bonds. The molecule has 0 spiro atoms. The molecule has 0 saturated carbocycles. The standard InChI is InChI=1S/C18H28N2O2/c1-14(18(2,3)16-9-5-4-6-10-16)19-17(22)20-11-7-8-15(12-20)13-21/h4-6,9-10,14-15,21H,7-8,11-13H2,1-3H3,(H,19,22). The van der Waals surface area contributed by atoms with Crippen molar-refractivity contribution in [3.63, 3.8) is 0 Å². The summed E-state index contributed by atoms with van der Waals surface area (Å²) in [6.45, 7) is 7.95. The third kappa shape index (κ3) is 3.80. The van der Waals surface area contributed by atoms with Gasteiger partial charge in [0.05, 0.1) is 0 Å². The Hall–Kier alpha value is -1.55. The molecular formula is C18H28N2O2. The van der Waals surface area contributed by atoms with E-state index in [1.54, 1.807) is 0 Å². The van der Waals surface area contributed by atoms with Crippen LogP contribution in [0.25, 0.3) is 0 Å². The number of amides is 2. The van der Waals surface area contributed by atoms with Crippen molar-refractivity contribution in [1.29, 1.82) is 0 Å². The molecular weight excluding hydrogens is 276 g/mol. The van der Waals surface area contributed by atoms with Crippen LogP contribution < -0.4 is 5.32 Å². The fraction of sp³-hybridized carbons (Fsp3) is 0.611. The van der Waals surface area contributed by atoms with E-state index < -0.39 is 0 Å². The minimum atomic E-state index is -0.136. The average Bonchev–Trinajstić information content (AvgIpc) is 2.55. The zero-order valence-electron chi connectivity index (χ0n) is 13.9. The zero-order chi connectivity index (χ0) is 16.2. The van der Waals surface area contributed by atoms with E-state index in [1.165, 1.54) is 5.56 Å². The molecule has 122 valence electrons. The first-order chi connectivity index (χ1) is 10.4. The molecule has 0 aromatic heterocycles. The van der Waals surface area contributed by atoms with E-state index in [0.29, 0.717) is 6.54 Å². The van der Waals surface area contributed by atoms with Gasteiger partial charge in [-0.3, -0.25) is 0 Å². The highest BCUT2D eigenvalue weighted by Gasteiger charge is 2.31. The summed E-state index contributed by atoms with van der Waals surface area (Å²) in [5, 5.41) is 12.4. The summed E-state index contributed by atoms with van der Waals surface area (Å²) in [5.74, 6) is 0.219. The summed E-state index contributed by atoms with van der Waals surface area (Å²) >= 11 is 0. The second-order valence-corrected chi connectivity index (χ2v) is 6.90. The van der Waals surface area contributed by atoms with Crippen molar-refractivity contribution in [1.82, 2.24) is 10.2 Å². The molecule has 1 aliphatic rings. The summed E-state index contributed by atoms with van der Waals surface area (Å²) in [5.41, 5.74) is 1.08. The van der Waals surface area contributed by atoms with Crippen molar-refractivity contribution in [3.8, 4) is 0 Å². The zero-order valence-corrected chi connectivity index (χ0v) is 13.9. The number of aliphatic hydroxyl groups is 1. The van der Waals surface area contributed by atoms with Gasteiger partial charge in [0, 0.05) is 31.2 Å². The molecule has 0 bridgehead atoms. The number of urea groups is 1. The number of aliphatic hydroxyl groups excluding tert-OH is 1. The van der Waals surface area contributed by atoms with Gasteiger partial charge in [-0.05, 0) is 31.2 Å². The summed E-state index contributed by atoms with van der Waals surface area (Å²) in [6.07, 6.45) is 1.97. The van der Waals surface area contributed by atoms with E-state index in [4.69, 9.17) is 0 Å². The molecule has 1 aliphatic heterocycles. The van der Waals surface area contributed by atoms with E-state index in [0.717, 1.165) is 19.4 Å². The topological polar surface area (TPSA) is 52.6 Å². The Bertz CT molecular complexity index is 487. The van der Waals surface area contributed by atoms with Crippen molar-refractivity contribution >= 4 is 6.03 Å². The Kier molecular flexibility index (Phi) is 5.46. The highest BCUT2D eigenvalue weighted by molar-refractivity contribution is 5.74. The predicted molar refractivity (Wildman–Crippen MR) is 88.8 cm³/mol. The number of rotatable bonds is 4. The van der Waals surface area contributed by atoms with Crippen LogP contribution in [0.5, 0.6) is 0 Å². The highest BCUT2D eigenvalue weighted by Crippen LogP contribution is 2.27. The Morgan fingerprint density at radius 3 is 2.73 bits per heavy atom. The lowest BCUT2D eigenvalue weighted by molar-refractivity contribution is 0.126. The lowest BCUT2D eigenvalue weighted by Crippen LogP contribution is -2.52. The van der Waals surface area contributed by atoms with Crippen molar-refractivity contribution in [3.05, 3.63) is 35.9 Å². The van der Waals surface area contributed by atoms with Crippen LogP contribution in [0.2, 0.25) is 0 Å². The largest absolute Gasteiger partial charge is 0.396 e. The molecule has 1 aromatic carbocycles. The molecule has 2 unspecified atom stereocenters. The summed E-state index contributed by atoms with van der Waals surface area (Å²) in [7, 11) is 0. The van der Waals surface area contributed by atoms with Gasteiger partial charge in [-0.2, -0.15) is 0 Å². The van der Waals surface area contributed by atoms with Crippen LogP contribution in [0, 0.1) is 5.92 Å². The minimum absolute atomic E-state index is 0.0188. The highest BCUT2D eigenvalue weighted by atomic mass is 16.3. The normalized spacial score (nSPS) is 20.5. The predicted octanol–water partition coefficient (Wildman–Crippen LogP) is 2.77. The van der Waals surface area contributed by atoms with Crippen LogP contribution in [0.3, 0.4) is 0 Å². The Labute approximate surface area is 133 Å². The second-order valence-electron chi connectivity index (χ2n) is 6.90. The van der Waals surface area contributed by atoms with Crippen LogP contribution in [0.15, 0.2) is 30.3 Å². The Morgan fingerprint density at radius 1 is 1.41 bits per heavy atom. The van der Waals surface area contributed by atoms with E-state index in [-0.39, 0.29) is 30.0 Å². The van der Waals surface area contributed by atoms with E-state index >= 15 is 0 Å². The third-order valence-corrected chi connectivity index (χ3v) is 5.00. The molecule has 22 heavy (non-hydrogen) atoms. The van der Waals surface area contributed by atoms with E-state index in [2.05, 4.69) is 38.2 Å². The average molecular weight is 304 g/mol.